The Kier molecular flexibility index (Phi) is 3.19. The summed E-state index contributed by atoms with van der Waals surface area (Å²) < 4.78 is 0. The van der Waals surface area contributed by atoms with Crippen LogP contribution in [0.3, 0.4) is 0 Å². The predicted octanol–water partition coefficient (Wildman–Crippen LogP) is -0.760. The van der Waals surface area contributed by atoms with Crippen LogP contribution in [0.4, 0.5) is 0 Å². The van der Waals surface area contributed by atoms with Gasteiger partial charge in [-0.3, -0.25) is 4.79 Å². The maximum absolute atomic E-state index is 10.2. The lowest BCUT2D eigenvalue weighted by Crippen LogP contribution is -2.30. The van der Waals surface area contributed by atoms with Crippen molar-refractivity contribution >= 4 is 23.4 Å². The Morgan fingerprint density at radius 2 is 2.00 bits per heavy atom. The molecule has 9 heavy (non-hydrogen) atoms. The largest absolute Gasteiger partial charge is 0.479 e. The highest BCUT2D eigenvalue weighted by atomic mass is 35.5. The van der Waals surface area contributed by atoms with Gasteiger partial charge >= 0.3 is 5.97 Å². The molecule has 0 fully saturated rings. The van der Waals surface area contributed by atoms with Crippen molar-refractivity contribution in [2.75, 3.05) is 5.88 Å². The number of hydrogen-bond donors (Lipinski definition) is 2. The molecular weight excluding hydrogens is 147 g/mol. The second-order valence-electron chi connectivity index (χ2n) is 1.34. The van der Waals surface area contributed by atoms with Gasteiger partial charge in [-0.15, -0.1) is 11.6 Å². The zero-order chi connectivity index (χ0) is 7.44. The molecule has 0 aliphatic carbocycles. The van der Waals surface area contributed by atoms with Gasteiger partial charge in [0.05, 0.1) is 5.88 Å². The highest BCUT2D eigenvalue weighted by Gasteiger charge is 2.20. The fourth-order valence-electron chi connectivity index (χ4n) is 0.211. The molecule has 0 radical (unpaired) electrons. The Bertz CT molecular complexity index is 133. The minimum atomic E-state index is -1.97. The number of aliphatic carboxylic acids is 1. The number of ketones is 1. The molecule has 0 amide bonds. The van der Waals surface area contributed by atoms with Crippen molar-refractivity contribution < 1.29 is 19.8 Å². The molecule has 0 saturated heterocycles. The monoisotopic (exact) mass is 152 g/mol. The van der Waals surface area contributed by atoms with Crippen LogP contribution in [0.1, 0.15) is 0 Å². The van der Waals surface area contributed by atoms with Crippen molar-refractivity contribution in [2.24, 2.45) is 0 Å². The quantitative estimate of drug-likeness (QED) is 0.412. The minimum Gasteiger partial charge on any atom is -0.479 e. The van der Waals surface area contributed by atoms with Gasteiger partial charge in [0.1, 0.15) is 0 Å². The van der Waals surface area contributed by atoms with E-state index in [-0.39, 0.29) is 0 Å². The third kappa shape index (κ3) is 2.43. The summed E-state index contributed by atoms with van der Waals surface area (Å²) in [5.74, 6) is -2.95. The maximum Gasteiger partial charge on any atom is 0.340 e. The highest BCUT2D eigenvalue weighted by molar-refractivity contribution is 6.29. The Labute approximate surface area is 56.0 Å². The van der Waals surface area contributed by atoms with E-state index in [0.29, 0.717) is 0 Å². The molecule has 0 aliphatic rings. The summed E-state index contributed by atoms with van der Waals surface area (Å²) in [4.78, 5) is 20.0. The molecule has 0 aromatic carbocycles. The molecule has 0 bridgehead atoms. The van der Waals surface area contributed by atoms with Gasteiger partial charge in [-0.1, -0.05) is 0 Å². The van der Waals surface area contributed by atoms with Crippen LogP contribution in [0.5, 0.6) is 0 Å². The number of carbonyl (C=O) groups is 2. The van der Waals surface area contributed by atoms with Crippen molar-refractivity contribution in [2.45, 2.75) is 6.10 Å². The minimum absolute atomic E-state index is 0.479. The van der Waals surface area contributed by atoms with Crippen LogP contribution in [0.25, 0.3) is 0 Å². The number of rotatable bonds is 3. The summed E-state index contributed by atoms with van der Waals surface area (Å²) in [5.41, 5.74) is 0. The van der Waals surface area contributed by atoms with E-state index < -0.39 is 23.7 Å². The summed E-state index contributed by atoms with van der Waals surface area (Å²) in [6.45, 7) is 0. The number of aliphatic hydroxyl groups excluding tert-OH is 1. The molecule has 1 unspecified atom stereocenters. The second-order valence-corrected chi connectivity index (χ2v) is 1.61. The molecule has 0 aromatic rings. The molecule has 0 spiro atoms. The van der Waals surface area contributed by atoms with Gasteiger partial charge in [-0.2, -0.15) is 0 Å². The molecule has 0 heterocycles. The third-order valence-corrected chi connectivity index (χ3v) is 0.934. The van der Waals surface area contributed by atoms with Crippen LogP contribution in [-0.4, -0.2) is 33.9 Å². The molecule has 0 saturated carbocycles. The topological polar surface area (TPSA) is 74.6 Å². The number of carbonyl (C=O) groups excluding carboxylic acids is 1. The van der Waals surface area contributed by atoms with Crippen molar-refractivity contribution in [3.8, 4) is 0 Å². The van der Waals surface area contributed by atoms with Gasteiger partial charge in [0, 0.05) is 0 Å². The number of hydrogen-bond acceptors (Lipinski definition) is 3. The van der Waals surface area contributed by atoms with E-state index in [9.17, 15) is 9.59 Å². The first kappa shape index (κ1) is 8.39. The summed E-state index contributed by atoms with van der Waals surface area (Å²) >= 11 is 4.92. The Hall–Kier alpha value is -0.610. The predicted molar refractivity (Wildman–Crippen MR) is 29.4 cm³/mol. The van der Waals surface area contributed by atoms with Crippen LogP contribution in [0, 0.1) is 0 Å². The average molecular weight is 153 g/mol. The zero-order valence-corrected chi connectivity index (χ0v) is 5.13. The van der Waals surface area contributed by atoms with E-state index >= 15 is 0 Å². The molecule has 0 rings (SSSR count). The Morgan fingerprint density at radius 1 is 1.56 bits per heavy atom. The lowest BCUT2D eigenvalue weighted by molar-refractivity contribution is -0.151. The Balaban J connectivity index is 3.88. The summed E-state index contributed by atoms with van der Waals surface area (Å²) in [6, 6.07) is 0. The summed E-state index contributed by atoms with van der Waals surface area (Å²) in [7, 11) is 0. The lowest BCUT2D eigenvalue weighted by Gasteiger charge is -1.98. The van der Waals surface area contributed by atoms with Crippen molar-refractivity contribution in [3.05, 3.63) is 0 Å². The molecule has 0 aromatic heterocycles. The number of carboxylic acids is 1. The molecular formula is C4H5ClO4. The Morgan fingerprint density at radius 3 is 2.11 bits per heavy atom. The van der Waals surface area contributed by atoms with Gasteiger partial charge in [0.25, 0.3) is 0 Å². The molecule has 0 aliphatic heterocycles. The van der Waals surface area contributed by atoms with Crippen molar-refractivity contribution in [1.82, 2.24) is 0 Å². The lowest BCUT2D eigenvalue weighted by atomic mass is 10.3. The van der Waals surface area contributed by atoms with Crippen LogP contribution >= 0.6 is 11.6 Å². The van der Waals surface area contributed by atoms with Crippen LogP contribution < -0.4 is 0 Å². The molecule has 52 valence electrons. The van der Waals surface area contributed by atoms with Gasteiger partial charge < -0.3 is 10.2 Å². The van der Waals surface area contributed by atoms with Crippen LogP contribution in [0.2, 0.25) is 0 Å². The fraction of sp³-hybridized carbons (Fsp3) is 0.500. The van der Waals surface area contributed by atoms with E-state index in [2.05, 4.69) is 0 Å². The standard InChI is InChI=1S/C4H5ClO4/c5-1-2(6)3(7)4(8)9/h3,7H,1H2,(H,8,9). The van der Waals surface area contributed by atoms with E-state index in [4.69, 9.17) is 21.8 Å². The smallest absolute Gasteiger partial charge is 0.340 e. The van der Waals surface area contributed by atoms with Crippen LogP contribution in [-0.2, 0) is 9.59 Å². The maximum atomic E-state index is 10.2. The summed E-state index contributed by atoms with van der Waals surface area (Å²) in [6.07, 6.45) is -1.97. The number of halogens is 1. The zero-order valence-electron chi connectivity index (χ0n) is 4.37. The van der Waals surface area contributed by atoms with E-state index in [0.717, 1.165) is 0 Å². The van der Waals surface area contributed by atoms with E-state index in [1.807, 2.05) is 0 Å². The third-order valence-electron chi connectivity index (χ3n) is 0.671. The normalized spacial score (nSPS) is 12.7. The van der Waals surface area contributed by atoms with E-state index in [1.54, 1.807) is 0 Å². The van der Waals surface area contributed by atoms with Crippen molar-refractivity contribution in [1.29, 1.82) is 0 Å². The first-order chi connectivity index (χ1) is 4.09. The summed E-state index contributed by atoms with van der Waals surface area (Å²) in [5, 5.41) is 16.3. The average Bonchev–Trinajstić information content (AvgIpc) is 1.84. The molecule has 5 heteroatoms. The number of carboxylic acid groups (broad SMARTS) is 1. The molecule has 1 atom stereocenters. The molecule has 4 nitrogen and oxygen atoms in total. The SMILES string of the molecule is O=C(O)C(O)C(=O)CCl. The fourth-order valence-corrected chi connectivity index (χ4v) is 0.357. The second kappa shape index (κ2) is 3.42. The first-order valence-electron chi connectivity index (χ1n) is 2.09. The first-order valence-corrected chi connectivity index (χ1v) is 2.62. The number of aliphatic hydroxyl groups is 1. The van der Waals surface area contributed by atoms with Gasteiger partial charge in [-0.25, -0.2) is 4.79 Å². The number of alkyl halides is 1. The van der Waals surface area contributed by atoms with Gasteiger partial charge in [-0.05, 0) is 0 Å². The van der Waals surface area contributed by atoms with Crippen LogP contribution in [0.15, 0.2) is 0 Å². The molecule has 2 N–H and O–H groups in total. The van der Waals surface area contributed by atoms with Gasteiger partial charge in [0.15, 0.2) is 5.78 Å². The highest BCUT2D eigenvalue weighted by Crippen LogP contribution is 1.88. The van der Waals surface area contributed by atoms with E-state index in [1.165, 1.54) is 0 Å². The number of Topliss-reactive ketones (excluding diaryl/α,β-unsaturated/α-hetero) is 1. The van der Waals surface area contributed by atoms with Gasteiger partial charge in [0.2, 0.25) is 6.10 Å². The van der Waals surface area contributed by atoms with Crippen molar-refractivity contribution in [3.63, 3.8) is 0 Å².